The van der Waals surface area contributed by atoms with E-state index in [1.54, 1.807) is 29.5 Å². The van der Waals surface area contributed by atoms with Crippen molar-refractivity contribution < 1.29 is 9.53 Å². The normalized spacial score (nSPS) is 15.2. The van der Waals surface area contributed by atoms with E-state index in [0.29, 0.717) is 49.8 Å². The van der Waals surface area contributed by atoms with Crippen molar-refractivity contribution >= 4 is 57.2 Å². The fourth-order valence-corrected chi connectivity index (χ4v) is 6.85. The number of rotatable bonds is 8. The summed E-state index contributed by atoms with van der Waals surface area (Å²) >= 11 is 15.0. The average molecular weight is 579 g/mol. The maximum Gasteiger partial charge on any atom is 0.235 e. The number of benzene rings is 1. The van der Waals surface area contributed by atoms with Crippen molar-refractivity contribution in [1.82, 2.24) is 14.8 Å². The first kappa shape index (κ1) is 27.8. The summed E-state index contributed by atoms with van der Waals surface area (Å²) in [4.78, 5) is 14.1. The maximum atomic E-state index is 12.8. The molecule has 1 aliphatic carbocycles. The molecule has 0 aliphatic heterocycles. The Morgan fingerprint density at radius 1 is 1.35 bits per heavy atom. The van der Waals surface area contributed by atoms with Gasteiger partial charge in [-0.25, -0.2) is 0 Å². The minimum absolute atomic E-state index is 0.150. The van der Waals surface area contributed by atoms with Crippen molar-refractivity contribution in [2.45, 2.75) is 65.3 Å². The molecule has 0 saturated carbocycles. The van der Waals surface area contributed by atoms with Crippen molar-refractivity contribution in [3.8, 4) is 11.8 Å². The molecule has 1 aliphatic rings. The van der Waals surface area contributed by atoms with Crippen LogP contribution in [0.25, 0.3) is 0 Å². The lowest BCUT2D eigenvalue weighted by molar-refractivity contribution is -0.113. The second-order valence-electron chi connectivity index (χ2n) is 9.97. The van der Waals surface area contributed by atoms with Gasteiger partial charge in [-0.15, -0.1) is 21.5 Å². The SMILES string of the molecule is CCn1c(COc2cc(Cl)ccc2Cl)nnc1SCC(=O)Nc1sc2c(c1C#N)CCC(C(C)(C)C)C2. The Morgan fingerprint density at radius 3 is 2.84 bits per heavy atom. The van der Waals surface area contributed by atoms with Gasteiger partial charge in [-0.05, 0) is 55.2 Å². The molecule has 3 aromatic rings. The summed E-state index contributed by atoms with van der Waals surface area (Å²) in [6.45, 7) is 9.55. The standard InChI is InChI=1S/C26H29Cl2N5O2S2/c1-5-33-22(13-35-20-11-16(27)7-9-19(20)28)31-32-25(33)36-14-23(34)30-24-18(12-29)17-8-6-15(26(2,3)4)10-21(17)37-24/h7,9,11,15H,5-6,8,10,13-14H2,1-4H3,(H,30,34). The van der Waals surface area contributed by atoms with E-state index in [0.717, 1.165) is 24.8 Å². The molecule has 4 rings (SSSR count). The van der Waals surface area contributed by atoms with Crippen LogP contribution in [0.1, 0.15) is 55.9 Å². The third-order valence-corrected chi connectivity index (χ3v) is 9.23. The summed E-state index contributed by atoms with van der Waals surface area (Å²) in [5, 5.41) is 23.5. The predicted octanol–water partition coefficient (Wildman–Crippen LogP) is 7.00. The lowest BCUT2D eigenvalue weighted by atomic mass is 9.72. The summed E-state index contributed by atoms with van der Waals surface area (Å²) in [7, 11) is 0. The number of carbonyl (C=O) groups excluding carboxylic acids is 1. The highest BCUT2D eigenvalue weighted by Gasteiger charge is 2.32. The third kappa shape index (κ3) is 6.43. The highest BCUT2D eigenvalue weighted by Crippen LogP contribution is 2.44. The van der Waals surface area contributed by atoms with Crippen LogP contribution in [0, 0.1) is 22.7 Å². The van der Waals surface area contributed by atoms with Gasteiger partial charge in [0, 0.05) is 22.5 Å². The fraction of sp³-hybridized carbons (Fsp3) is 0.462. The van der Waals surface area contributed by atoms with Crippen molar-refractivity contribution in [3.63, 3.8) is 0 Å². The molecule has 11 heteroatoms. The summed E-state index contributed by atoms with van der Waals surface area (Å²) < 4.78 is 7.70. The first-order chi connectivity index (χ1) is 17.6. The van der Waals surface area contributed by atoms with Crippen molar-refractivity contribution in [2.24, 2.45) is 11.3 Å². The van der Waals surface area contributed by atoms with Crippen LogP contribution in [0.2, 0.25) is 10.0 Å². The molecule has 0 fully saturated rings. The van der Waals surface area contributed by atoms with Gasteiger partial charge in [-0.3, -0.25) is 4.79 Å². The van der Waals surface area contributed by atoms with Crippen molar-refractivity contribution in [1.29, 1.82) is 5.26 Å². The van der Waals surface area contributed by atoms with Crippen LogP contribution in [-0.4, -0.2) is 26.4 Å². The molecule has 196 valence electrons. The number of nitrogens with zero attached hydrogens (tertiary/aromatic N) is 4. The number of fused-ring (bicyclic) bond motifs is 1. The van der Waals surface area contributed by atoms with Crippen molar-refractivity contribution in [2.75, 3.05) is 11.1 Å². The van der Waals surface area contributed by atoms with E-state index in [9.17, 15) is 10.1 Å². The molecule has 1 aromatic carbocycles. The second-order valence-corrected chi connectivity index (χ2v) is 12.9. The third-order valence-electron chi connectivity index (χ3n) is 6.55. The van der Waals surface area contributed by atoms with Crippen LogP contribution < -0.4 is 10.1 Å². The van der Waals surface area contributed by atoms with Gasteiger partial charge in [-0.2, -0.15) is 5.26 Å². The number of anilines is 1. The molecule has 0 saturated heterocycles. The van der Waals surface area contributed by atoms with E-state index in [1.165, 1.54) is 16.6 Å². The summed E-state index contributed by atoms with van der Waals surface area (Å²) in [5.41, 5.74) is 1.93. The summed E-state index contributed by atoms with van der Waals surface area (Å²) in [5.74, 6) is 1.62. The van der Waals surface area contributed by atoms with Gasteiger partial charge in [0.1, 0.15) is 23.4 Å². The van der Waals surface area contributed by atoms with E-state index in [-0.39, 0.29) is 23.7 Å². The quantitative estimate of drug-likeness (QED) is 0.290. The smallest absolute Gasteiger partial charge is 0.235 e. The minimum atomic E-state index is -0.179. The van der Waals surface area contributed by atoms with Gasteiger partial charge in [-0.1, -0.05) is 55.7 Å². The van der Waals surface area contributed by atoms with Crippen LogP contribution >= 0.6 is 46.3 Å². The number of carbonyl (C=O) groups is 1. The molecule has 2 heterocycles. The van der Waals surface area contributed by atoms with Gasteiger partial charge in [0.2, 0.25) is 5.91 Å². The lowest BCUT2D eigenvalue weighted by Crippen LogP contribution is -2.26. The molecule has 1 N–H and O–H groups in total. The van der Waals surface area contributed by atoms with E-state index in [4.69, 9.17) is 27.9 Å². The van der Waals surface area contributed by atoms with Crippen LogP contribution in [0.5, 0.6) is 5.75 Å². The highest BCUT2D eigenvalue weighted by molar-refractivity contribution is 7.99. The van der Waals surface area contributed by atoms with Gasteiger partial charge in [0.15, 0.2) is 11.0 Å². The lowest BCUT2D eigenvalue weighted by Gasteiger charge is -2.33. The Labute approximate surface area is 235 Å². The first-order valence-corrected chi connectivity index (χ1v) is 14.6. The second kappa shape index (κ2) is 11.6. The maximum absolute atomic E-state index is 12.8. The van der Waals surface area contributed by atoms with Crippen LogP contribution in [0.4, 0.5) is 5.00 Å². The van der Waals surface area contributed by atoms with Crippen LogP contribution in [0.15, 0.2) is 23.4 Å². The predicted molar refractivity (Wildman–Crippen MR) is 150 cm³/mol. The number of hydrogen-bond acceptors (Lipinski definition) is 7. The number of aromatic nitrogens is 3. The number of ether oxygens (including phenoxy) is 1. The van der Waals surface area contributed by atoms with E-state index < -0.39 is 0 Å². The van der Waals surface area contributed by atoms with Gasteiger partial charge in [0.05, 0.1) is 16.3 Å². The molecule has 2 aromatic heterocycles. The summed E-state index contributed by atoms with van der Waals surface area (Å²) in [6, 6.07) is 7.34. The number of nitrogens with one attached hydrogen (secondary N) is 1. The zero-order chi connectivity index (χ0) is 26.7. The summed E-state index contributed by atoms with van der Waals surface area (Å²) in [6.07, 6.45) is 2.90. The average Bonchev–Trinajstić information content (AvgIpc) is 3.41. The number of thioether (sulfide) groups is 1. The number of thiophene rings is 1. The van der Waals surface area contributed by atoms with Crippen LogP contribution in [-0.2, 0) is 30.8 Å². The molecule has 1 unspecified atom stereocenters. The Balaban J connectivity index is 1.39. The van der Waals surface area contributed by atoms with Gasteiger partial charge >= 0.3 is 0 Å². The Kier molecular flexibility index (Phi) is 8.74. The molecule has 0 bridgehead atoms. The zero-order valence-electron chi connectivity index (χ0n) is 21.2. The molecule has 37 heavy (non-hydrogen) atoms. The number of amides is 1. The number of hydrogen-bond donors (Lipinski definition) is 1. The number of nitriles is 1. The molecule has 7 nitrogen and oxygen atoms in total. The van der Waals surface area contributed by atoms with E-state index in [1.807, 2.05) is 11.5 Å². The van der Waals surface area contributed by atoms with Crippen LogP contribution in [0.3, 0.4) is 0 Å². The number of halogens is 2. The molecular weight excluding hydrogens is 549 g/mol. The largest absolute Gasteiger partial charge is 0.484 e. The van der Waals surface area contributed by atoms with Crippen molar-refractivity contribution in [3.05, 3.63) is 50.1 Å². The molecule has 0 spiro atoms. The van der Waals surface area contributed by atoms with E-state index >= 15 is 0 Å². The Hall–Kier alpha value is -2.25. The zero-order valence-corrected chi connectivity index (χ0v) is 24.4. The fourth-order valence-electron chi connectivity index (χ4n) is 4.40. The highest BCUT2D eigenvalue weighted by atomic mass is 35.5. The Bertz CT molecular complexity index is 1340. The first-order valence-electron chi connectivity index (χ1n) is 12.1. The molecule has 1 atom stereocenters. The van der Waals surface area contributed by atoms with E-state index in [2.05, 4.69) is 42.4 Å². The monoisotopic (exact) mass is 577 g/mol. The molecular formula is C26H29Cl2N5O2S2. The Morgan fingerprint density at radius 2 is 2.14 bits per heavy atom. The van der Waals surface area contributed by atoms with Gasteiger partial charge in [0.25, 0.3) is 0 Å². The van der Waals surface area contributed by atoms with Gasteiger partial charge < -0.3 is 14.6 Å². The molecule has 0 radical (unpaired) electrons. The molecule has 1 amide bonds. The minimum Gasteiger partial charge on any atom is -0.484 e. The topological polar surface area (TPSA) is 92.8 Å².